The van der Waals surface area contributed by atoms with Crippen LogP contribution < -0.4 is 10.6 Å². The van der Waals surface area contributed by atoms with Crippen LogP contribution in [-0.4, -0.2) is 28.3 Å². The van der Waals surface area contributed by atoms with Crippen LogP contribution in [-0.2, 0) is 6.42 Å². The summed E-state index contributed by atoms with van der Waals surface area (Å²) in [5, 5.41) is 5.66. The van der Waals surface area contributed by atoms with Gasteiger partial charge in [-0.2, -0.15) is 0 Å². The number of anilines is 1. The van der Waals surface area contributed by atoms with E-state index in [1.54, 1.807) is 48.8 Å². The van der Waals surface area contributed by atoms with Gasteiger partial charge in [0.25, 0.3) is 11.8 Å². The van der Waals surface area contributed by atoms with E-state index in [-0.39, 0.29) is 11.8 Å². The first kappa shape index (κ1) is 17.4. The van der Waals surface area contributed by atoms with Crippen molar-refractivity contribution in [3.05, 3.63) is 83.4 Å². The Labute approximate surface area is 151 Å². The molecule has 0 radical (unpaired) electrons. The predicted octanol–water partition coefficient (Wildman–Crippen LogP) is 2.94. The number of aryl methyl sites for hydroxylation is 1. The molecule has 0 aliphatic rings. The molecule has 2 amide bonds. The van der Waals surface area contributed by atoms with E-state index in [0.717, 1.165) is 11.4 Å². The number of aromatic amines is 1. The van der Waals surface area contributed by atoms with Gasteiger partial charge in [0.2, 0.25) is 0 Å². The molecule has 6 heteroatoms. The van der Waals surface area contributed by atoms with Crippen molar-refractivity contribution in [1.29, 1.82) is 0 Å². The molecule has 3 rings (SSSR count). The summed E-state index contributed by atoms with van der Waals surface area (Å²) in [5.74, 6) is 0.323. The van der Waals surface area contributed by atoms with E-state index >= 15 is 0 Å². The highest BCUT2D eigenvalue weighted by molar-refractivity contribution is 6.09. The summed E-state index contributed by atoms with van der Waals surface area (Å²) >= 11 is 0. The minimum Gasteiger partial charge on any atom is -0.352 e. The first-order valence-corrected chi connectivity index (χ1v) is 8.37. The second-order valence-corrected chi connectivity index (χ2v) is 5.91. The Balaban J connectivity index is 1.66. The molecular weight excluding hydrogens is 328 g/mol. The summed E-state index contributed by atoms with van der Waals surface area (Å²) < 4.78 is 0. The summed E-state index contributed by atoms with van der Waals surface area (Å²) in [6.45, 7) is 2.41. The standard InChI is InChI=1S/C20H20N4O2/c1-14-6-8-15(9-7-14)19(25)24-17-5-3-2-4-16(17)20(26)23-11-10-18-21-12-13-22-18/h2-9,12-13H,10-11H2,1H3,(H,21,22)(H,23,26)(H,24,25). The lowest BCUT2D eigenvalue weighted by molar-refractivity contribution is 0.0955. The molecule has 3 N–H and O–H groups in total. The number of carbonyl (C=O) groups is 2. The highest BCUT2D eigenvalue weighted by Crippen LogP contribution is 2.16. The van der Waals surface area contributed by atoms with Crippen molar-refractivity contribution in [3.8, 4) is 0 Å². The van der Waals surface area contributed by atoms with Crippen molar-refractivity contribution in [2.24, 2.45) is 0 Å². The molecule has 0 aliphatic carbocycles. The molecule has 0 unspecified atom stereocenters. The third-order valence-electron chi connectivity index (χ3n) is 3.94. The van der Waals surface area contributed by atoms with Crippen LogP contribution in [0.2, 0.25) is 0 Å². The minimum atomic E-state index is -0.249. The fourth-order valence-electron chi connectivity index (χ4n) is 2.51. The zero-order valence-electron chi connectivity index (χ0n) is 14.5. The van der Waals surface area contributed by atoms with Crippen molar-refractivity contribution in [2.45, 2.75) is 13.3 Å². The Morgan fingerprint density at radius 1 is 1.04 bits per heavy atom. The molecule has 6 nitrogen and oxygen atoms in total. The predicted molar refractivity (Wildman–Crippen MR) is 100 cm³/mol. The van der Waals surface area contributed by atoms with Gasteiger partial charge in [-0.3, -0.25) is 9.59 Å². The third kappa shape index (κ3) is 4.36. The second-order valence-electron chi connectivity index (χ2n) is 5.91. The summed E-state index contributed by atoms with van der Waals surface area (Å²) in [4.78, 5) is 32.0. The van der Waals surface area contributed by atoms with Crippen LogP contribution in [0.1, 0.15) is 32.1 Å². The lowest BCUT2D eigenvalue weighted by Gasteiger charge is -2.11. The van der Waals surface area contributed by atoms with Crippen molar-refractivity contribution in [3.63, 3.8) is 0 Å². The Morgan fingerprint density at radius 2 is 1.81 bits per heavy atom. The number of imidazole rings is 1. The zero-order valence-corrected chi connectivity index (χ0v) is 14.5. The number of hydrogen-bond acceptors (Lipinski definition) is 3. The average Bonchev–Trinajstić information content (AvgIpc) is 3.16. The normalized spacial score (nSPS) is 10.3. The fraction of sp³-hybridized carbons (Fsp3) is 0.150. The maximum absolute atomic E-state index is 12.5. The van der Waals surface area contributed by atoms with Crippen LogP contribution in [0.5, 0.6) is 0 Å². The van der Waals surface area contributed by atoms with E-state index in [1.165, 1.54) is 0 Å². The molecule has 0 fully saturated rings. The number of hydrogen-bond donors (Lipinski definition) is 3. The average molecular weight is 348 g/mol. The van der Waals surface area contributed by atoms with Crippen LogP contribution >= 0.6 is 0 Å². The van der Waals surface area contributed by atoms with Gasteiger partial charge in [0, 0.05) is 30.9 Å². The molecule has 0 saturated carbocycles. The van der Waals surface area contributed by atoms with Gasteiger partial charge in [-0.15, -0.1) is 0 Å². The molecule has 0 saturated heterocycles. The van der Waals surface area contributed by atoms with Gasteiger partial charge in [0.1, 0.15) is 5.82 Å². The van der Waals surface area contributed by atoms with Crippen LogP contribution in [0, 0.1) is 6.92 Å². The van der Waals surface area contributed by atoms with Crippen LogP contribution in [0.4, 0.5) is 5.69 Å². The lowest BCUT2D eigenvalue weighted by atomic mass is 10.1. The maximum Gasteiger partial charge on any atom is 0.255 e. The SMILES string of the molecule is Cc1ccc(C(=O)Nc2ccccc2C(=O)NCCc2ncc[nH]2)cc1. The van der Waals surface area contributed by atoms with E-state index in [0.29, 0.717) is 29.8 Å². The van der Waals surface area contributed by atoms with Crippen molar-refractivity contribution >= 4 is 17.5 Å². The first-order valence-electron chi connectivity index (χ1n) is 8.37. The van der Waals surface area contributed by atoms with Gasteiger partial charge in [-0.25, -0.2) is 4.98 Å². The quantitative estimate of drug-likeness (QED) is 0.640. The second kappa shape index (κ2) is 8.11. The van der Waals surface area contributed by atoms with E-state index in [1.807, 2.05) is 19.1 Å². The van der Waals surface area contributed by atoms with Crippen LogP contribution in [0.3, 0.4) is 0 Å². The van der Waals surface area contributed by atoms with E-state index in [4.69, 9.17) is 0 Å². The largest absolute Gasteiger partial charge is 0.352 e. The number of H-pyrrole nitrogens is 1. The number of amides is 2. The maximum atomic E-state index is 12.5. The van der Waals surface area contributed by atoms with Gasteiger partial charge >= 0.3 is 0 Å². The molecular formula is C20H20N4O2. The van der Waals surface area contributed by atoms with Crippen molar-refractivity contribution < 1.29 is 9.59 Å². The van der Waals surface area contributed by atoms with Gasteiger partial charge in [-0.1, -0.05) is 29.8 Å². The molecule has 0 spiro atoms. The highest BCUT2D eigenvalue weighted by Gasteiger charge is 2.13. The molecule has 26 heavy (non-hydrogen) atoms. The number of benzene rings is 2. The molecule has 0 aliphatic heterocycles. The zero-order chi connectivity index (χ0) is 18.4. The van der Waals surface area contributed by atoms with E-state index < -0.39 is 0 Å². The number of carbonyl (C=O) groups excluding carboxylic acids is 2. The minimum absolute atomic E-state index is 0.239. The summed E-state index contributed by atoms with van der Waals surface area (Å²) in [5.41, 5.74) is 2.53. The molecule has 0 bridgehead atoms. The van der Waals surface area contributed by atoms with Crippen LogP contribution in [0.25, 0.3) is 0 Å². The van der Waals surface area contributed by atoms with Crippen LogP contribution in [0.15, 0.2) is 60.9 Å². The topological polar surface area (TPSA) is 86.9 Å². The summed E-state index contributed by atoms with van der Waals surface area (Å²) in [6, 6.07) is 14.2. The number of nitrogens with one attached hydrogen (secondary N) is 3. The Morgan fingerprint density at radius 3 is 2.54 bits per heavy atom. The first-order chi connectivity index (χ1) is 12.6. The summed E-state index contributed by atoms with van der Waals surface area (Å²) in [6.07, 6.45) is 4.02. The molecule has 1 aromatic heterocycles. The Hall–Kier alpha value is -3.41. The molecule has 132 valence electrons. The molecule has 0 atom stereocenters. The van der Waals surface area contributed by atoms with Crippen molar-refractivity contribution in [1.82, 2.24) is 15.3 Å². The number of nitrogens with zero attached hydrogens (tertiary/aromatic N) is 1. The Bertz CT molecular complexity index is 886. The van der Waals surface area contributed by atoms with E-state index in [9.17, 15) is 9.59 Å². The molecule has 1 heterocycles. The lowest BCUT2D eigenvalue weighted by Crippen LogP contribution is -2.27. The fourth-order valence-corrected chi connectivity index (χ4v) is 2.51. The van der Waals surface area contributed by atoms with Gasteiger partial charge < -0.3 is 15.6 Å². The van der Waals surface area contributed by atoms with E-state index in [2.05, 4.69) is 20.6 Å². The molecule has 3 aromatic rings. The molecule has 2 aromatic carbocycles. The smallest absolute Gasteiger partial charge is 0.255 e. The third-order valence-corrected chi connectivity index (χ3v) is 3.94. The highest BCUT2D eigenvalue weighted by atomic mass is 16.2. The summed E-state index contributed by atoms with van der Waals surface area (Å²) in [7, 11) is 0. The number of aromatic nitrogens is 2. The van der Waals surface area contributed by atoms with Crippen molar-refractivity contribution in [2.75, 3.05) is 11.9 Å². The Kier molecular flexibility index (Phi) is 5.43. The monoisotopic (exact) mass is 348 g/mol. The van der Waals surface area contributed by atoms with Gasteiger partial charge in [-0.05, 0) is 31.2 Å². The van der Waals surface area contributed by atoms with Gasteiger partial charge in [0.05, 0.1) is 11.3 Å². The number of para-hydroxylation sites is 1. The number of rotatable bonds is 6. The van der Waals surface area contributed by atoms with Gasteiger partial charge in [0.15, 0.2) is 0 Å².